The average molecular weight is 557 g/mol. The smallest absolute Gasteiger partial charge is 0.195 e. The summed E-state index contributed by atoms with van der Waals surface area (Å²) < 4.78 is 15.7. The zero-order chi connectivity index (χ0) is 27.4. The van der Waals surface area contributed by atoms with Gasteiger partial charge in [0.05, 0.1) is 21.3 Å². The molecule has 5 heteroatoms. The first kappa shape index (κ1) is 22.3. The Morgan fingerprint density at radius 3 is 1.67 bits per heavy atom. The van der Waals surface area contributed by atoms with Crippen molar-refractivity contribution in [3.63, 3.8) is 0 Å². The second-order valence-corrected chi connectivity index (χ2v) is 11.8. The number of furan rings is 2. The van der Waals surface area contributed by atoms with E-state index in [4.69, 9.17) is 13.8 Å². The number of hydrogen-bond donors (Lipinski definition) is 0. The lowest BCUT2D eigenvalue weighted by molar-refractivity contribution is 0.668. The van der Waals surface area contributed by atoms with Crippen molar-refractivity contribution < 1.29 is 8.83 Å². The Balaban J connectivity index is 1.15. The standard InChI is InChI=1S/C37H20N2O2S/c1-3-7-32-25(5-1)27-17-21(10-14-34(27)40-32)23-9-13-29-30(19-23)39-31-20-24(12-16-36(31)42-37(39)38-29)22-11-15-35-28(18-22)26-6-2-4-8-33(26)41-35/h1-20H. The van der Waals surface area contributed by atoms with E-state index in [1.165, 1.54) is 21.3 Å². The van der Waals surface area contributed by atoms with Gasteiger partial charge in [0.25, 0.3) is 0 Å². The van der Waals surface area contributed by atoms with Gasteiger partial charge in [-0.1, -0.05) is 72.0 Å². The van der Waals surface area contributed by atoms with Crippen molar-refractivity contribution in [1.82, 2.24) is 9.38 Å². The van der Waals surface area contributed by atoms with Gasteiger partial charge in [-0.2, -0.15) is 0 Å². The summed E-state index contributed by atoms with van der Waals surface area (Å²) in [6, 6.07) is 42.7. The summed E-state index contributed by atoms with van der Waals surface area (Å²) in [5.74, 6) is 0. The monoisotopic (exact) mass is 556 g/mol. The van der Waals surface area contributed by atoms with Crippen molar-refractivity contribution in [3.8, 4) is 22.3 Å². The fraction of sp³-hybridized carbons (Fsp3) is 0. The van der Waals surface area contributed by atoms with Crippen LogP contribution in [0.15, 0.2) is 130 Å². The molecule has 10 aromatic rings. The molecule has 0 N–H and O–H groups in total. The first-order chi connectivity index (χ1) is 20.8. The number of para-hydroxylation sites is 2. The Hall–Kier alpha value is -5.39. The predicted molar refractivity (Wildman–Crippen MR) is 174 cm³/mol. The van der Waals surface area contributed by atoms with Crippen LogP contribution in [0.25, 0.3) is 92.3 Å². The fourth-order valence-corrected chi connectivity index (χ4v) is 7.42. The average Bonchev–Trinajstić information content (AvgIpc) is 3.78. The van der Waals surface area contributed by atoms with Crippen LogP contribution >= 0.6 is 11.3 Å². The first-order valence-corrected chi connectivity index (χ1v) is 14.8. The van der Waals surface area contributed by atoms with Crippen LogP contribution in [0.1, 0.15) is 0 Å². The number of imidazole rings is 1. The lowest BCUT2D eigenvalue weighted by Gasteiger charge is -2.05. The van der Waals surface area contributed by atoms with Gasteiger partial charge >= 0.3 is 0 Å². The molecule has 0 aliphatic rings. The molecule has 0 aliphatic heterocycles. The van der Waals surface area contributed by atoms with Crippen LogP contribution < -0.4 is 0 Å². The van der Waals surface area contributed by atoms with Crippen molar-refractivity contribution in [3.05, 3.63) is 121 Å². The van der Waals surface area contributed by atoms with Crippen LogP contribution in [0, 0.1) is 0 Å². The zero-order valence-electron chi connectivity index (χ0n) is 22.2. The van der Waals surface area contributed by atoms with Gasteiger partial charge in [0.15, 0.2) is 4.96 Å². The first-order valence-electron chi connectivity index (χ1n) is 13.9. The van der Waals surface area contributed by atoms with Crippen LogP contribution in [-0.4, -0.2) is 9.38 Å². The third kappa shape index (κ3) is 3.08. The van der Waals surface area contributed by atoms with Gasteiger partial charge in [-0.25, -0.2) is 4.98 Å². The quantitative estimate of drug-likeness (QED) is 0.213. The molecule has 0 saturated carbocycles. The SMILES string of the molecule is c1ccc2c(c1)oc1ccc(-c3ccc4nc5sc6ccc(-c7ccc8oc9ccccc9c8c7)cc6n5c4c3)cc12. The van der Waals surface area contributed by atoms with E-state index in [9.17, 15) is 0 Å². The van der Waals surface area contributed by atoms with Crippen LogP contribution in [0.2, 0.25) is 0 Å². The van der Waals surface area contributed by atoms with Gasteiger partial charge in [0, 0.05) is 21.5 Å². The minimum Gasteiger partial charge on any atom is -0.456 e. The topological polar surface area (TPSA) is 43.6 Å². The normalized spacial score (nSPS) is 12.3. The molecular formula is C37H20N2O2S. The summed E-state index contributed by atoms with van der Waals surface area (Å²) in [5.41, 5.74) is 11.6. The van der Waals surface area contributed by atoms with Crippen molar-refractivity contribution in [1.29, 1.82) is 0 Å². The Kier molecular flexibility index (Phi) is 4.30. The number of fused-ring (bicyclic) bond motifs is 11. The van der Waals surface area contributed by atoms with Crippen molar-refractivity contribution in [2.24, 2.45) is 0 Å². The molecule has 0 bridgehead atoms. The third-order valence-corrected chi connectivity index (χ3v) is 9.47. The highest BCUT2D eigenvalue weighted by molar-refractivity contribution is 7.23. The van der Waals surface area contributed by atoms with Gasteiger partial charge < -0.3 is 8.83 Å². The van der Waals surface area contributed by atoms with Crippen molar-refractivity contribution >= 4 is 81.4 Å². The lowest BCUT2D eigenvalue weighted by Crippen LogP contribution is -1.84. The van der Waals surface area contributed by atoms with Crippen LogP contribution in [0.5, 0.6) is 0 Å². The van der Waals surface area contributed by atoms with E-state index in [-0.39, 0.29) is 0 Å². The second kappa shape index (κ2) is 8.09. The molecule has 10 rings (SSSR count). The molecule has 0 radical (unpaired) electrons. The van der Waals surface area contributed by atoms with Gasteiger partial charge in [-0.15, -0.1) is 0 Å². The largest absolute Gasteiger partial charge is 0.456 e. The van der Waals surface area contributed by atoms with E-state index in [2.05, 4.69) is 101 Å². The molecular weight excluding hydrogens is 536 g/mol. The lowest BCUT2D eigenvalue weighted by atomic mass is 10.0. The molecule has 0 spiro atoms. The van der Waals surface area contributed by atoms with E-state index in [0.29, 0.717) is 0 Å². The number of benzene rings is 6. The maximum atomic E-state index is 6.07. The number of hydrogen-bond acceptors (Lipinski definition) is 4. The molecule has 42 heavy (non-hydrogen) atoms. The summed E-state index contributed by atoms with van der Waals surface area (Å²) in [4.78, 5) is 6.00. The van der Waals surface area contributed by atoms with E-state index >= 15 is 0 Å². The molecule has 6 aromatic carbocycles. The number of nitrogens with zero attached hydrogens (tertiary/aromatic N) is 2. The van der Waals surface area contributed by atoms with Crippen LogP contribution in [0.4, 0.5) is 0 Å². The fourth-order valence-electron chi connectivity index (χ4n) is 6.40. The van der Waals surface area contributed by atoms with Gasteiger partial charge in [0.1, 0.15) is 22.3 Å². The summed E-state index contributed by atoms with van der Waals surface area (Å²) in [6.07, 6.45) is 0. The van der Waals surface area contributed by atoms with Crippen molar-refractivity contribution in [2.75, 3.05) is 0 Å². The van der Waals surface area contributed by atoms with Crippen molar-refractivity contribution in [2.45, 2.75) is 0 Å². The number of rotatable bonds is 2. The minimum absolute atomic E-state index is 0.908. The molecule has 4 aromatic heterocycles. The molecule has 0 saturated heterocycles. The Labute approximate surface area is 242 Å². The van der Waals surface area contributed by atoms with Gasteiger partial charge in [0.2, 0.25) is 0 Å². The van der Waals surface area contributed by atoms with Gasteiger partial charge in [-0.3, -0.25) is 4.40 Å². The highest BCUT2D eigenvalue weighted by Gasteiger charge is 2.15. The minimum atomic E-state index is 0.908. The zero-order valence-corrected chi connectivity index (χ0v) is 23.0. The Morgan fingerprint density at radius 2 is 1.00 bits per heavy atom. The summed E-state index contributed by atoms with van der Waals surface area (Å²) in [7, 11) is 0. The highest BCUT2D eigenvalue weighted by atomic mass is 32.1. The predicted octanol–water partition coefficient (Wildman–Crippen LogP) is 10.8. The molecule has 0 fully saturated rings. The summed E-state index contributed by atoms with van der Waals surface area (Å²) in [5, 5.41) is 4.55. The second-order valence-electron chi connectivity index (χ2n) is 10.8. The van der Waals surface area contributed by atoms with E-state index < -0.39 is 0 Å². The number of aromatic nitrogens is 2. The summed E-state index contributed by atoms with van der Waals surface area (Å²) in [6.45, 7) is 0. The molecule has 0 amide bonds. The molecule has 0 aliphatic carbocycles. The maximum Gasteiger partial charge on any atom is 0.195 e. The molecule has 196 valence electrons. The molecule has 4 nitrogen and oxygen atoms in total. The Bertz CT molecular complexity index is 2520. The van der Waals surface area contributed by atoms with Crippen LogP contribution in [-0.2, 0) is 0 Å². The van der Waals surface area contributed by atoms with Gasteiger partial charge in [-0.05, 0) is 82.9 Å². The van der Waals surface area contributed by atoms with Crippen LogP contribution in [0.3, 0.4) is 0 Å². The molecule has 0 unspecified atom stereocenters. The van der Waals surface area contributed by atoms with E-state index in [1.807, 2.05) is 24.3 Å². The maximum absolute atomic E-state index is 6.07. The summed E-state index contributed by atoms with van der Waals surface area (Å²) >= 11 is 1.73. The number of thiazole rings is 1. The molecule has 0 atom stereocenters. The Morgan fingerprint density at radius 1 is 0.476 bits per heavy atom. The highest BCUT2D eigenvalue weighted by Crippen LogP contribution is 2.38. The van der Waals surface area contributed by atoms with E-state index in [0.717, 1.165) is 71.0 Å². The van der Waals surface area contributed by atoms with E-state index in [1.54, 1.807) is 11.3 Å². The third-order valence-electron chi connectivity index (χ3n) is 8.44. The molecule has 4 heterocycles.